The molecule has 1 atom stereocenters. The zero-order valence-electron chi connectivity index (χ0n) is 12.7. The summed E-state index contributed by atoms with van der Waals surface area (Å²) in [4.78, 5) is 14.0. The average molecular weight is 287 g/mol. The Kier molecular flexibility index (Phi) is 5.04. The van der Waals surface area contributed by atoms with Crippen molar-refractivity contribution in [1.82, 2.24) is 4.90 Å². The molecule has 0 saturated heterocycles. The lowest BCUT2D eigenvalue weighted by molar-refractivity contribution is -0.131. The van der Waals surface area contributed by atoms with Crippen molar-refractivity contribution >= 4 is 5.91 Å². The first-order valence-electron chi connectivity index (χ1n) is 7.04. The minimum atomic E-state index is -0.0368. The molecule has 1 heterocycles. The van der Waals surface area contributed by atoms with Crippen LogP contribution in [0.4, 0.5) is 0 Å². The third-order valence-electron chi connectivity index (χ3n) is 3.73. The van der Waals surface area contributed by atoms with Crippen LogP contribution >= 0.6 is 0 Å². The molecule has 0 aliphatic rings. The maximum absolute atomic E-state index is 12.3. The lowest BCUT2D eigenvalue weighted by Gasteiger charge is -2.26. The van der Waals surface area contributed by atoms with Crippen molar-refractivity contribution in [2.24, 2.45) is 0 Å². The van der Waals surface area contributed by atoms with E-state index >= 15 is 0 Å². The van der Waals surface area contributed by atoms with Crippen LogP contribution in [0.15, 0.2) is 47.1 Å². The molecule has 1 aromatic heterocycles. The third-order valence-corrected chi connectivity index (χ3v) is 3.73. The molecule has 2 rings (SSSR count). The van der Waals surface area contributed by atoms with E-state index in [0.717, 1.165) is 17.1 Å². The number of carbonyl (C=O) groups excluding carboxylic acids is 1. The Morgan fingerprint density at radius 3 is 2.71 bits per heavy atom. The topological polar surface area (TPSA) is 42.7 Å². The van der Waals surface area contributed by atoms with E-state index in [-0.39, 0.29) is 11.9 Å². The Labute approximate surface area is 125 Å². The van der Waals surface area contributed by atoms with Gasteiger partial charge in [0.1, 0.15) is 11.5 Å². The number of methoxy groups -OCH3 is 1. The third kappa shape index (κ3) is 3.66. The van der Waals surface area contributed by atoms with Gasteiger partial charge in [0.15, 0.2) is 0 Å². The van der Waals surface area contributed by atoms with Gasteiger partial charge in [-0.3, -0.25) is 4.79 Å². The molecule has 1 unspecified atom stereocenters. The van der Waals surface area contributed by atoms with Gasteiger partial charge in [0.2, 0.25) is 5.91 Å². The predicted octanol–water partition coefficient (Wildman–Crippen LogP) is 3.44. The van der Waals surface area contributed by atoms with E-state index in [1.807, 2.05) is 50.4 Å². The Hall–Kier alpha value is -2.23. The zero-order chi connectivity index (χ0) is 15.2. The predicted molar refractivity (Wildman–Crippen MR) is 81.2 cm³/mol. The number of carbonyl (C=O) groups is 1. The van der Waals surface area contributed by atoms with Crippen molar-refractivity contribution in [3.63, 3.8) is 0 Å². The van der Waals surface area contributed by atoms with E-state index in [4.69, 9.17) is 9.15 Å². The van der Waals surface area contributed by atoms with Crippen molar-refractivity contribution in [3.8, 4) is 5.75 Å². The second kappa shape index (κ2) is 6.97. The summed E-state index contributed by atoms with van der Waals surface area (Å²) in [6.45, 7) is 2.00. The first kappa shape index (κ1) is 15.2. The summed E-state index contributed by atoms with van der Waals surface area (Å²) in [6, 6.07) is 11.5. The molecule has 112 valence electrons. The molecule has 1 amide bonds. The van der Waals surface area contributed by atoms with Gasteiger partial charge < -0.3 is 14.1 Å². The largest absolute Gasteiger partial charge is 0.496 e. The van der Waals surface area contributed by atoms with Crippen molar-refractivity contribution in [1.29, 1.82) is 0 Å². The quantitative estimate of drug-likeness (QED) is 0.817. The van der Waals surface area contributed by atoms with Gasteiger partial charge in [0, 0.05) is 25.5 Å². The van der Waals surface area contributed by atoms with E-state index in [1.165, 1.54) is 0 Å². The SMILES string of the molecule is COc1ccccc1C(C)N(C)C(=O)CCc1ccco1. The highest BCUT2D eigenvalue weighted by Gasteiger charge is 2.20. The Balaban J connectivity index is 2.00. The van der Waals surface area contributed by atoms with Gasteiger partial charge in [-0.15, -0.1) is 0 Å². The number of hydrogen-bond donors (Lipinski definition) is 0. The molecule has 0 spiro atoms. The molecule has 0 aliphatic heterocycles. The van der Waals surface area contributed by atoms with E-state index in [0.29, 0.717) is 12.8 Å². The summed E-state index contributed by atoms with van der Waals surface area (Å²) < 4.78 is 10.6. The van der Waals surface area contributed by atoms with Gasteiger partial charge in [0.05, 0.1) is 19.4 Å². The smallest absolute Gasteiger partial charge is 0.223 e. The van der Waals surface area contributed by atoms with Crippen LogP contribution in [0.25, 0.3) is 0 Å². The first-order valence-corrected chi connectivity index (χ1v) is 7.04. The fourth-order valence-electron chi connectivity index (χ4n) is 2.30. The Bertz CT molecular complexity index is 577. The number of furan rings is 1. The number of ether oxygens (including phenoxy) is 1. The standard InChI is InChI=1S/C17H21NO3/c1-13(15-8-4-5-9-16(15)20-3)18(2)17(19)11-10-14-7-6-12-21-14/h4-9,12-13H,10-11H2,1-3H3. The summed E-state index contributed by atoms with van der Waals surface area (Å²) in [5.74, 6) is 1.72. The summed E-state index contributed by atoms with van der Waals surface area (Å²) in [5.41, 5.74) is 1.01. The van der Waals surface area contributed by atoms with Gasteiger partial charge >= 0.3 is 0 Å². The highest BCUT2D eigenvalue weighted by atomic mass is 16.5. The molecular weight excluding hydrogens is 266 g/mol. The van der Waals surface area contributed by atoms with E-state index in [9.17, 15) is 4.79 Å². The van der Waals surface area contributed by atoms with Crippen molar-refractivity contribution in [2.45, 2.75) is 25.8 Å². The number of para-hydroxylation sites is 1. The molecule has 0 radical (unpaired) electrons. The average Bonchev–Trinajstić information content (AvgIpc) is 3.04. The van der Waals surface area contributed by atoms with Crippen molar-refractivity contribution in [2.75, 3.05) is 14.2 Å². The molecule has 2 aromatic rings. The number of hydrogen-bond acceptors (Lipinski definition) is 3. The number of benzene rings is 1. The highest BCUT2D eigenvalue weighted by Crippen LogP contribution is 2.28. The summed E-state index contributed by atoms with van der Waals surface area (Å²) in [6.07, 6.45) is 2.68. The highest BCUT2D eigenvalue weighted by molar-refractivity contribution is 5.76. The van der Waals surface area contributed by atoms with Crippen LogP contribution < -0.4 is 4.74 Å². The Morgan fingerprint density at radius 1 is 1.29 bits per heavy atom. The van der Waals surface area contributed by atoms with E-state index in [1.54, 1.807) is 18.3 Å². The number of nitrogens with zero attached hydrogens (tertiary/aromatic N) is 1. The van der Waals surface area contributed by atoms with Crippen LogP contribution in [0.1, 0.15) is 30.7 Å². The molecular formula is C17H21NO3. The van der Waals surface area contributed by atoms with Crippen LogP contribution in [0.2, 0.25) is 0 Å². The molecule has 4 heteroatoms. The molecule has 0 saturated carbocycles. The fraction of sp³-hybridized carbons (Fsp3) is 0.353. The molecule has 21 heavy (non-hydrogen) atoms. The van der Waals surface area contributed by atoms with E-state index in [2.05, 4.69) is 0 Å². The first-order chi connectivity index (χ1) is 10.1. The van der Waals surface area contributed by atoms with Crippen LogP contribution in [0.5, 0.6) is 5.75 Å². The Morgan fingerprint density at radius 2 is 2.05 bits per heavy atom. The maximum Gasteiger partial charge on any atom is 0.223 e. The minimum absolute atomic E-state index is 0.0368. The van der Waals surface area contributed by atoms with E-state index < -0.39 is 0 Å². The van der Waals surface area contributed by atoms with Gasteiger partial charge in [-0.1, -0.05) is 18.2 Å². The lowest BCUT2D eigenvalue weighted by atomic mass is 10.1. The number of rotatable bonds is 6. The number of amides is 1. The second-order valence-electron chi connectivity index (χ2n) is 5.00. The summed E-state index contributed by atoms with van der Waals surface area (Å²) >= 11 is 0. The molecule has 4 nitrogen and oxygen atoms in total. The monoisotopic (exact) mass is 287 g/mol. The number of aryl methyl sites for hydroxylation is 1. The van der Waals surface area contributed by atoms with Gasteiger partial charge in [0.25, 0.3) is 0 Å². The molecule has 0 bridgehead atoms. The molecule has 0 aliphatic carbocycles. The maximum atomic E-state index is 12.3. The van der Waals surface area contributed by atoms with Crippen LogP contribution in [-0.2, 0) is 11.2 Å². The van der Waals surface area contributed by atoms with Crippen molar-refractivity contribution in [3.05, 3.63) is 54.0 Å². The molecule has 1 aromatic carbocycles. The minimum Gasteiger partial charge on any atom is -0.496 e. The van der Waals surface area contributed by atoms with Crippen LogP contribution in [0.3, 0.4) is 0 Å². The lowest BCUT2D eigenvalue weighted by Crippen LogP contribution is -2.30. The van der Waals surface area contributed by atoms with Gasteiger partial charge in [-0.05, 0) is 25.1 Å². The van der Waals surface area contributed by atoms with Crippen LogP contribution in [0, 0.1) is 0 Å². The summed E-state index contributed by atoms with van der Waals surface area (Å²) in [7, 11) is 3.46. The normalized spacial score (nSPS) is 12.0. The zero-order valence-corrected chi connectivity index (χ0v) is 12.7. The van der Waals surface area contributed by atoms with Crippen LogP contribution in [-0.4, -0.2) is 25.0 Å². The van der Waals surface area contributed by atoms with Gasteiger partial charge in [-0.2, -0.15) is 0 Å². The molecule has 0 N–H and O–H groups in total. The molecule has 0 fully saturated rings. The summed E-state index contributed by atoms with van der Waals surface area (Å²) in [5, 5.41) is 0. The fourth-order valence-corrected chi connectivity index (χ4v) is 2.30. The second-order valence-corrected chi connectivity index (χ2v) is 5.00. The van der Waals surface area contributed by atoms with Crippen molar-refractivity contribution < 1.29 is 13.9 Å². The van der Waals surface area contributed by atoms with Gasteiger partial charge in [-0.25, -0.2) is 0 Å².